The fraction of sp³-hybridized carbons (Fsp3) is 0.417. The largest absolute Gasteiger partial charge is 0.493 e. The molecule has 1 N–H and O–H groups in total. The molecule has 92 valence electrons. The topological polar surface area (TPSA) is 55.8 Å². The molecular formula is C12H13ClO4. The Labute approximate surface area is 104 Å². The lowest BCUT2D eigenvalue weighted by Crippen LogP contribution is -2.05. The van der Waals surface area contributed by atoms with Crippen molar-refractivity contribution in [2.24, 2.45) is 0 Å². The van der Waals surface area contributed by atoms with Crippen LogP contribution in [0.2, 0.25) is 5.02 Å². The molecule has 4 nitrogen and oxygen atoms in total. The minimum atomic E-state index is -0.916. The fourth-order valence-electron chi connectivity index (χ4n) is 2.01. The van der Waals surface area contributed by atoms with E-state index in [0.717, 1.165) is 5.56 Å². The van der Waals surface area contributed by atoms with Crippen LogP contribution in [0.15, 0.2) is 6.07 Å². The van der Waals surface area contributed by atoms with Gasteiger partial charge in [0.15, 0.2) is 11.5 Å². The van der Waals surface area contributed by atoms with E-state index in [2.05, 4.69) is 0 Å². The van der Waals surface area contributed by atoms with Gasteiger partial charge in [0.25, 0.3) is 0 Å². The zero-order valence-electron chi connectivity index (χ0n) is 9.62. The minimum Gasteiger partial charge on any atom is -0.493 e. The molecule has 1 atom stereocenters. The Morgan fingerprint density at radius 1 is 1.71 bits per heavy atom. The zero-order valence-corrected chi connectivity index (χ0v) is 10.4. The summed E-state index contributed by atoms with van der Waals surface area (Å²) in [6.07, 6.45) is 0.603. The van der Waals surface area contributed by atoms with Crippen LogP contribution in [0.25, 0.3) is 0 Å². The first kappa shape index (κ1) is 12.0. The lowest BCUT2D eigenvalue weighted by atomic mass is 10.0. The van der Waals surface area contributed by atoms with Gasteiger partial charge in [-0.15, -0.1) is 0 Å². The summed E-state index contributed by atoms with van der Waals surface area (Å²) in [6.45, 7) is 1.94. The van der Waals surface area contributed by atoms with Gasteiger partial charge >= 0.3 is 5.97 Å². The monoisotopic (exact) mass is 256 g/mol. The maximum absolute atomic E-state index is 10.8. The van der Waals surface area contributed by atoms with Gasteiger partial charge < -0.3 is 14.6 Å². The van der Waals surface area contributed by atoms with Gasteiger partial charge in [0.1, 0.15) is 6.10 Å². The van der Waals surface area contributed by atoms with Crippen LogP contribution in [0.5, 0.6) is 11.5 Å². The van der Waals surface area contributed by atoms with Gasteiger partial charge in [-0.2, -0.15) is 0 Å². The number of halogens is 1. The van der Waals surface area contributed by atoms with Crippen LogP contribution in [0, 0.1) is 0 Å². The van der Waals surface area contributed by atoms with Crippen molar-refractivity contribution in [3.8, 4) is 11.5 Å². The van der Waals surface area contributed by atoms with E-state index in [9.17, 15) is 4.79 Å². The summed E-state index contributed by atoms with van der Waals surface area (Å²) in [5, 5.41) is 9.30. The van der Waals surface area contributed by atoms with Crippen LogP contribution in [0.3, 0.4) is 0 Å². The van der Waals surface area contributed by atoms with Crippen LogP contribution < -0.4 is 9.47 Å². The Balaban J connectivity index is 2.51. The number of methoxy groups -OCH3 is 1. The second-order valence-electron chi connectivity index (χ2n) is 4.06. The number of carbonyl (C=O) groups is 1. The molecular weight excluding hydrogens is 244 g/mol. The molecule has 0 bridgehead atoms. The number of hydrogen-bond acceptors (Lipinski definition) is 3. The van der Waals surface area contributed by atoms with Gasteiger partial charge in [0.2, 0.25) is 0 Å². The summed E-state index contributed by atoms with van der Waals surface area (Å²) in [5.74, 6) is 0.269. The number of carboxylic acids is 1. The minimum absolute atomic E-state index is 0.0384. The molecule has 0 saturated heterocycles. The number of hydrogen-bond donors (Lipinski definition) is 1. The average molecular weight is 257 g/mol. The quantitative estimate of drug-likeness (QED) is 0.902. The normalized spacial score (nSPS) is 17.5. The molecule has 0 aromatic heterocycles. The van der Waals surface area contributed by atoms with Crippen molar-refractivity contribution >= 4 is 17.6 Å². The maximum Gasteiger partial charge on any atom is 0.307 e. The highest BCUT2D eigenvalue weighted by Crippen LogP contribution is 2.43. The molecule has 1 heterocycles. The SMILES string of the molecule is COc1cc(CC(=O)O)c(Cl)c2c1OC(C)C2. The van der Waals surface area contributed by atoms with Crippen LogP contribution >= 0.6 is 11.6 Å². The highest BCUT2D eigenvalue weighted by atomic mass is 35.5. The number of ether oxygens (including phenoxy) is 2. The molecule has 0 fully saturated rings. The third kappa shape index (κ3) is 2.17. The number of benzene rings is 1. The second-order valence-corrected chi connectivity index (χ2v) is 4.44. The molecule has 17 heavy (non-hydrogen) atoms. The summed E-state index contributed by atoms with van der Waals surface area (Å²) in [6, 6.07) is 1.63. The number of carboxylic acid groups (broad SMARTS) is 1. The highest BCUT2D eigenvalue weighted by molar-refractivity contribution is 6.32. The molecule has 0 amide bonds. The van der Waals surface area contributed by atoms with Gasteiger partial charge in [-0.3, -0.25) is 4.79 Å². The molecule has 1 aliphatic heterocycles. The van der Waals surface area contributed by atoms with Crippen LogP contribution in [-0.4, -0.2) is 24.3 Å². The predicted molar refractivity (Wildman–Crippen MR) is 63.1 cm³/mol. The van der Waals surface area contributed by atoms with Gasteiger partial charge in [-0.1, -0.05) is 11.6 Å². The average Bonchev–Trinajstić information content (AvgIpc) is 2.64. The molecule has 2 rings (SSSR count). The molecule has 0 radical (unpaired) electrons. The van der Waals surface area contributed by atoms with E-state index in [-0.39, 0.29) is 12.5 Å². The summed E-state index contributed by atoms with van der Waals surface area (Å²) in [7, 11) is 1.53. The maximum atomic E-state index is 10.8. The molecule has 5 heteroatoms. The highest BCUT2D eigenvalue weighted by Gasteiger charge is 2.28. The second kappa shape index (κ2) is 4.45. The zero-order chi connectivity index (χ0) is 12.6. The Hall–Kier alpha value is -1.42. The van der Waals surface area contributed by atoms with Crippen LogP contribution in [0.1, 0.15) is 18.1 Å². The van der Waals surface area contributed by atoms with E-state index >= 15 is 0 Å². The Morgan fingerprint density at radius 3 is 3.00 bits per heavy atom. The molecule has 1 unspecified atom stereocenters. The Bertz CT molecular complexity index is 470. The first-order chi connectivity index (χ1) is 8.02. The number of aliphatic carboxylic acids is 1. The standard InChI is InChI=1S/C12H13ClO4/c1-6-3-8-11(13)7(5-10(14)15)4-9(16-2)12(8)17-6/h4,6H,3,5H2,1-2H3,(H,14,15). The van der Waals surface area contributed by atoms with E-state index in [0.29, 0.717) is 28.5 Å². The number of rotatable bonds is 3. The van der Waals surface area contributed by atoms with Crippen LogP contribution in [0.4, 0.5) is 0 Å². The Morgan fingerprint density at radius 2 is 2.41 bits per heavy atom. The summed E-state index contributed by atoms with van der Waals surface area (Å²) in [4.78, 5) is 10.8. The molecule has 0 saturated carbocycles. The van der Waals surface area contributed by atoms with Gasteiger partial charge in [0, 0.05) is 12.0 Å². The molecule has 1 aliphatic rings. The molecule has 1 aromatic rings. The summed E-state index contributed by atoms with van der Waals surface area (Å²) < 4.78 is 10.8. The number of fused-ring (bicyclic) bond motifs is 1. The molecule has 0 spiro atoms. The first-order valence-corrected chi connectivity index (χ1v) is 5.67. The van der Waals surface area contributed by atoms with Gasteiger partial charge in [-0.05, 0) is 18.6 Å². The smallest absolute Gasteiger partial charge is 0.307 e. The Kier molecular flexibility index (Phi) is 3.15. The molecule has 0 aliphatic carbocycles. The third-order valence-electron chi connectivity index (χ3n) is 2.72. The third-order valence-corrected chi connectivity index (χ3v) is 3.19. The van der Waals surface area contributed by atoms with Crippen molar-refractivity contribution in [2.75, 3.05) is 7.11 Å². The summed E-state index contributed by atoms with van der Waals surface area (Å²) >= 11 is 6.19. The van der Waals surface area contributed by atoms with E-state index in [4.69, 9.17) is 26.2 Å². The fourth-order valence-corrected chi connectivity index (χ4v) is 2.30. The van der Waals surface area contributed by atoms with Gasteiger partial charge in [0.05, 0.1) is 18.6 Å². The van der Waals surface area contributed by atoms with E-state index < -0.39 is 5.97 Å². The summed E-state index contributed by atoms with van der Waals surface area (Å²) in [5.41, 5.74) is 1.40. The van der Waals surface area contributed by atoms with E-state index in [1.165, 1.54) is 7.11 Å². The van der Waals surface area contributed by atoms with Crippen molar-refractivity contribution in [3.05, 3.63) is 22.2 Å². The van der Waals surface area contributed by atoms with Crippen molar-refractivity contribution in [1.82, 2.24) is 0 Å². The van der Waals surface area contributed by atoms with E-state index in [1.54, 1.807) is 6.07 Å². The van der Waals surface area contributed by atoms with Crippen molar-refractivity contribution < 1.29 is 19.4 Å². The predicted octanol–water partition coefficient (Wildman–Crippen LogP) is 2.30. The lowest BCUT2D eigenvalue weighted by Gasteiger charge is -2.11. The van der Waals surface area contributed by atoms with Crippen molar-refractivity contribution in [3.63, 3.8) is 0 Å². The van der Waals surface area contributed by atoms with Crippen molar-refractivity contribution in [2.45, 2.75) is 25.9 Å². The van der Waals surface area contributed by atoms with Gasteiger partial charge in [-0.25, -0.2) is 0 Å². The molecule has 1 aromatic carbocycles. The van der Waals surface area contributed by atoms with E-state index in [1.807, 2.05) is 6.92 Å². The van der Waals surface area contributed by atoms with Crippen LogP contribution in [-0.2, 0) is 17.6 Å². The lowest BCUT2D eigenvalue weighted by molar-refractivity contribution is -0.136. The first-order valence-electron chi connectivity index (χ1n) is 5.29. The van der Waals surface area contributed by atoms with Crippen molar-refractivity contribution in [1.29, 1.82) is 0 Å².